The first-order chi connectivity index (χ1) is 7.28. The van der Waals surface area contributed by atoms with Gasteiger partial charge in [-0.05, 0) is 24.1 Å². The molecule has 15 heavy (non-hydrogen) atoms. The monoisotopic (exact) mass is 223 g/mol. The van der Waals surface area contributed by atoms with E-state index in [0.717, 1.165) is 16.5 Å². The number of hydrogen-bond acceptors (Lipinski definition) is 3. The Morgan fingerprint density at radius 3 is 3.07 bits per heavy atom. The number of anilines is 1. The van der Waals surface area contributed by atoms with Crippen LogP contribution in [0.25, 0.3) is 0 Å². The van der Waals surface area contributed by atoms with Gasteiger partial charge in [-0.1, -0.05) is 19.1 Å². The first-order valence-electron chi connectivity index (χ1n) is 5.36. The Bertz CT molecular complexity index is 329. The van der Waals surface area contributed by atoms with Crippen LogP contribution in [0.1, 0.15) is 18.9 Å². The quantitative estimate of drug-likeness (QED) is 0.825. The molecule has 1 aromatic carbocycles. The van der Waals surface area contributed by atoms with E-state index in [0.29, 0.717) is 6.04 Å². The van der Waals surface area contributed by atoms with Crippen LogP contribution >= 0.6 is 11.8 Å². The summed E-state index contributed by atoms with van der Waals surface area (Å²) in [4.78, 5) is 0. The molecule has 0 saturated carbocycles. The van der Waals surface area contributed by atoms with E-state index in [-0.39, 0.29) is 6.61 Å². The SMILES string of the molecule is CC1CC(Nc2cccc(CO)c2)CS1. The maximum Gasteiger partial charge on any atom is 0.0682 e. The minimum absolute atomic E-state index is 0.116. The molecule has 1 fully saturated rings. The molecule has 1 aliphatic heterocycles. The van der Waals surface area contributed by atoms with Gasteiger partial charge in [-0.2, -0.15) is 11.8 Å². The summed E-state index contributed by atoms with van der Waals surface area (Å²) < 4.78 is 0. The Hall–Kier alpha value is -0.670. The highest BCUT2D eigenvalue weighted by Gasteiger charge is 2.21. The van der Waals surface area contributed by atoms with E-state index in [1.807, 2.05) is 30.0 Å². The average Bonchev–Trinajstić information content (AvgIpc) is 2.64. The summed E-state index contributed by atoms with van der Waals surface area (Å²) in [6.07, 6.45) is 1.23. The van der Waals surface area contributed by atoms with Crippen LogP contribution in [0, 0.1) is 0 Å². The van der Waals surface area contributed by atoms with Crippen molar-refractivity contribution >= 4 is 17.4 Å². The molecule has 0 radical (unpaired) electrons. The molecule has 0 aliphatic carbocycles. The number of aliphatic hydroxyl groups excluding tert-OH is 1. The largest absolute Gasteiger partial charge is 0.392 e. The van der Waals surface area contributed by atoms with Crippen molar-refractivity contribution in [2.24, 2.45) is 0 Å². The molecule has 1 aliphatic rings. The van der Waals surface area contributed by atoms with Gasteiger partial charge in [0.1, 0.15) is 0 Å². The van der Waals surface area contributed by atoms with Gasteiger partial charge in [-0.3, -0.25) is 0 Å². The standard InChI is InChI=1S/C12H17NOS/c1-9-5-12(8-15-9)13-11-4-2-3-10(6-11)7-14/h2-4,6,9,12-14H,5,7-8H2,1H3. The third-order valence-corrected chi connectivity index (χ3v) is 4.04. The molecule has 0 aromatic heterocycles. The van der Waals surface area contributed by atoms with Crippen LogP contribution in [0.4, 0.5) is 5.69 Å². The molecule has 0 bridgehead atoms. The highest BCUT2D eigenvalue weighted by molar-refractivity contribution is 8.00. The van der Waals surface area contributed by atoms with Gasteiger partial charge in [0, 0.05) is 22.7 Å². The van der Waals surface area contributed by atoms with Crippen molar-refractivity contribution in [1.29, 1.82) is 0 Å². The second-order valence-corrected chi connectivity index (χ2v) is 5.55. The third kappa shape index (κ3) is 2.89. The summed E-state index contributed by atoms with van der Waals surface area (Å²) in [7, 11) is 0. The Balaban J connectivity index is 1.98. The van der Waals surface area contributed by atoms with Crippen LogP contribution in [0.15, 0.2) is 24.3 Å². The molecule has 82 valence electrons. The van der Waals surface area contributed by atoms with E-state index >= 15 is 0 Å². The molecule has 0 amide bonds. The fraction of sp³-hybridized carbons (Fsp3) is 0.500. The molecule has 3 heteroatoms. The topological polar surface area (TPSA) is 32.3 Å². The summed E-state index contributed by atoms with van der Waals surface area (Å²) in [5, 5.41) is 13.3. The number of benzene rings is 1. The minimum atomic E-state index is 0.116. The zero-order chi connectivity index (χ0) is 10.7. The van der Waals surface area contributed by atoms with Crippen molar-refractivity contribution in [1.82, 2.24) is 0 Å². The van der Waals surface area contributed by atoms with E-state index in [1.165, 1.54) is 12.2 Å². The minimum Gasteiger partial charge on any atom is -0.392 e. The normalized spacial score (nSPS) is 25.5. The van der Waals surface area contributed by atoms with Gasteiger partial charge in [-0.25, -0.2) is 0 Å². The molecule has 0 spiro atoms. The molecule has 1 saturated heterocycles. The van der Waals surface area contributed by atoms with Gasteiger partial charge in [0.05, 0.1) is 6.61 Å². The number of thioether (sulfide) groups is 1. The van der Waals surface area contributed by atoms with Crippen molar-refractivity contribution in [2.45, 2.75) is 31.2 Å². The number of hydrogen-bond donors (Lipinski definition) is 2. The van der Waals surface area contributed by atoms with Crippen molar-refractivity contribution in [3.05, 3.63) is 29.8 Å². The van der Waals surface area contributed by atoms with E-state index in [1.54, 1.807) is 0 Å². The van der Waals surface area contributed by atoms with Crippen LogP contribution < -0.4 is 5.32 Å². The van der Waals surface area contributed by atoms with Gasteiger partial charge in [0.2, 0.25) is 0 Å². The molecule has 2 unspecified atom stereocenters. The Morgan fingerprint density at radius 2 is 2.40 bits per heavy atom. The first-order valence-corrected chi connectivity index (χ1v) is 6.41. The average molecular weight is 223 g/mol. The summed E-state index contributed by atoms with van der Waals surface area (Å²) in [6, 6.07) is 8.59. The van der Waals surface area contributed by atoms with Crippen LogP contribution in [-0.4, -0.2) is 22.2 Å². The van der Waals surface area contributed by atoms with Crippen LogP contribution in [-0.2, 0) is 6.61 Å². The second kappa shape index (κ2) is 4.90. The van der Waals surface area contributed by atoms with Gasteiger partial charge in [0.25, 0.3) is 0 Å². The van der Waals surface area contributed by atoms with Crippen molar-refractivity contribution in [3.63, 3.8) is 0 Å². The molecule has 1 aromatic rings. The molecular formula is C12H17NOS. The van der Waals surface area contributed by atoms with Crippen LogP contribution in [0.3, 0.4) is 0 Å². The summed E-state index contributed by atoms with van der Waals surface area (Å²) in [5.41, 5.74) is 2.10. The lowest BCUT2D eigenvalue weighted by Gasteiger charge is -2.13. The lowest BCUT2D eigenvalue weighted by molar-refractivity contribution is 0.282. The van der Waals surface area contributed by atoms with Gasteiger partial charge in [-0.15, -0.1) is 0 Å². The van der Waals surface area contributed by atoms with Crippen molar-refractivity contribution in [3.8, 4) is 0 Å². The summed E-state index contributed by atoms with van der Waals surface area (Å²) in [5.74, 6) is 1.19. The van der Waals surface area contributed by atoms with Crippen LogP contribution in [0.2, 0.25) is 0 Å². The fourth-order valence-electron chi connectivity index (χ4n) is 1.91. The highest BCUT2D eigenvalue weighted by atomic mass is 32.2. The second-order valence-electron chi connectivity index (χ2n) is 4.08. The molecular weight excluding hydrogens is 206 g/mol. The molecule has 2 N–H and O–H groups in total. The smallest absolute Gasteiger partial charge is 0.0682 e. The number of rotatable bonds is 3. The van der Waals surface area contributed by atoms with Crippen molar-refractivity contribution < 1.29 is 5.11 Å². The molecule has 1 heterocycles. The third-order valence-electron chi connectivity index (χ3n) is 2.68. The Labute approximate surface area is 95.1 Å². The Kier molecular flexibility index (Phi) is 3.54. The van der Waals surface area contributed by atoms with Gasteiger partial charge >= 0.3 is 0 Å². The summed E-state index contributed by atoms with van der Waals surface area (Å²) >= 11 is 2.02. The zero-order valence-electron chi connectivity index (χ0n) is 8.94. The zero-order valence-corrected chi connectivity index (χ0v) is 9.76. The predicted octanol–water partition coefficient (Wildman–Crippen LogP) is 2.48. The van der Waals surface area contributed by atoms with Crippen LogP contribution in [0.5, 0.6) is 0 Å². The molecule has 2 atom stereocenters. The van der Waals surface area contributed by atoms with Gasteiger partial charge in [0.15, 0.2) is 0 Å². The highest BCUT2D eigenvalue weighted by Crippen LogP contribution is 2.28. The Morgan fingerprint density at radius 1 is 1.53 bits per heavy atom. The predicted molar refractivity (Wildman–Crippen MR) is 66.3 cm³/mol. The lowest BCUT2D eigenvalue weighted by Crippen LogP contribution is -2.18. The fourth-order valence-corrected chi connectivity index (χ4v) is 3.06. The maximum atomic E-state index is 9.03. The summed E-state index contributed by atoms with van der Waals surface area (Å²) in [6.45, 7) is 2.39. The van der Waals surface area contributed by atoms with E-state index in [4.69, 9.17) is 5.11 Å². The van der Waals surface area contributed by atoms with E-state index in [2.05, 4.69) is 18.3 Å². The number of nitrogens with one attached hydrogen (secondary N) is 1. The maximum absolute atomic E-state index is 9.03. The van der Waals surface area contributed by atoms with E-state index in [9.17, 15) is 0 Å². The van der Waals surface area contributed by atoms with Crippen molar-refractivity contribution in [2.75, 3.05) is 11.1 Å². The lowest BCUT2D eigenvalue weighted by atomic mass is 10.1. The molecule has 2 nitrogen and oxygen atoms in total. The molecule has 2 rings (SSSR count). The van der Waals surface area contributed by atoms with E-state index < -0.39 is 0 Å². The first kappa shape index (κ1) is 10.8. The van der Waals surface area contributed by atoms with Gasteiger partial charge < -0.3 is 10.4 Å². The number of aliphatic hydroxyl groups is 1.